The number of amides is 2. The fourth-order valence-electron chi connectivity index (χ4n) is 4.94. The van der Waals surface area contributed by atoms with Crippen LogP contribution in [-0.4, -0.2) is 72.8 Å². The number of benzene rings is 2. The first-order valence-corrected chi connectivity index (χ1v) is 12.9. The SMILES string of the molecule is COCCCn1c([C@@H]2CCCN(C(=O)C[C@@H](N)CNC(=O)c3cccc(OC)c3)C2)nc2ccccc21. The second-order valence-electron chi connectivity index (χ2n) is 9.54. The van der Waals surface area contributed by atoms with Crippen LogP contribution in [0.4, 0.5) is 0 Å². The Labute approximate surface area is 217 Å². The average molecular weight is 508 g/mol. The molecule has 198 valence electrons. The molecule has 0 unspecified atom stereocenters. The van der Waals surface area contributed by atoms with E-state index in [4.69, 9.17) is 20.2 Å². The number of aromatic nitrogens is 2. The molecule has 9 heteroatoms. The lowest BCUT2D eigenvalue weighted by atomic mass is 9.96. The standard InChI is InChI=1S/C28H37N5O4/c1-36-15-7-14-33-25-12-4-3-11-24(25)31-27(33)21-9-6-13-32(19-21)26(34)17-22(29)18-30-28(35)20-8-5-10-23(16-20)37-2/h3-5,8,10-12,16,21-22H,6-7,9,13-15,17-19,29H2,1-2H3,(H,30,35)/t21-,22-/m1/s1. The van der Waals surface area contributed by atoms with Gasteiger partial charge in [0.25, 0.3) is 5.91 Å². The molecule has 1 aliphatic heterocycles. The number of nitrogens with two attached hydrogens (primary N) is 1. The number of carbonyl (C=O) groups is 2. The van der Waals surface area contributed by atoms with Crippen molar-refractivity contribution in [3.63, 3.8) is 0 Å². The number of aryl methyl sites for hydroxylation is 1. The molecule has 1 aromatic heterocycles. The minimum absolute atomic E-state index is 0.00914. The van der Waals surface area contributed by atoms with E-state index in [1.165, 1.54) is 0 Å². The van der Waals surface area contributed by atoms with E-state index in [2.05, 4.69) is 16.0 Å². The summed E-state index contributed by atoms with van der Waals surface area (Å²) in [5.74, 6) is 1.57. The van der Waals surface area contributed by atoms with Crippen LogP contribution in [-0.2, 0) is 16.1 Å². The lowest BCUT2D eigenvalue weighted by Crippen LogP contribution is -2.45. The van der Waals surface area contributed by atoms with E-state index < -0.39 is 6.04 Å². The third-order valence-electron chi connectivity index (χ3n) is 6.85. The fraction of sp³-hybridized carbons (Fsp3) is 0.464. The van der Waals surface area contributed by atoms with Crippen LogP contribution in [0.3, 0.4) is 0 Å². The van der Waals surface area contributed by atoms with Crippen molar-refractivity contribution >= 4 is 22.8 Å². The minimum atomic E-state index is -0.471. The molecule has 2 aromatic carbocycles. The lowest BCUT2D eigenvalue weighted by molar-refractivity contribution is -0.132. The zero-order valence-electron chi connectivity index (χ0n) is 21.7. The number of para-hydroxylation sites is 2. The third-order valence-corrected chi connectivity index (χ3v) is 6.85. The van der Waals surface area contributed by atoms with Crippen LogP contribution in [0.5, 0.6) is 5.75 Å². The first-order valence-electron chi connectivity index (χ1n) is 12.9. The van der Waals surface area contributed by atoms with E-state index >= 15 is 0 Å². The van der Waals surface area contributed by atoms with E-state index in [1.807, 2.05) is 23.1 Å². The van der Waals surface area contributed by atoms with Gasteiger partial charge in [-0.1, -0.05) is 18.2 Å². The Morgan fingerprint density at radius 1 is 1.19 bits per heavy atom. The predicted molar refractivity (Wildman–Crippen MR) is 143 cm³/mol. The fourth-order valence-corrected chi connectivity index (χ4v) is 4.94. The number of ether oxygens (including phenoxy) is 2. The highest BCUT2D eigenvalue weighted by Crippen LogP contribution is 2.30. The number of hydrogen-bond acceptors (Lipinski definition) is 6. The van der Waals surface area contributed by atoms with E-state index in [-0.39, 0.29) is 30.7 Å². The van der Waals surface area contributed by atoms with Gasteiger partial charge in [-0.05, 0) is 49.6 Å². The topological polar surface area (TPSA) is 112 Å². The predicted octanol–water partition coefficient (Wildman–Crippen LogP) is 2.93. The highest BCUT2D eigenvalue weighted by Gasteiger charge is 2.29. The van der Waals surface area contributed by atoms with Crippen LogP contribution in [0.1, 0.15) is 47.8 Å². The van der Waals surface area contributed by atoms with E-state index in [9.17, 15) is 9.59 Å². The van der Waals surface area contributed by atoms with Crippen molar-refractivity contribution in [3.8, 4) is 5.75 Å². The number of nitrogens with one attached hydrogen (secondary N) is 1. The molecule has 9 nitrogen and oxygen atoms in total. The number of likely N-dealkylation sites (tertiary alicyclic amines) is 1. The van der Waals surface area contributed by atoms with Gasteiger partial charge in [0.15, 0.2) is 0 Å². The number of fused-ring (bicyclic) bond motifs is 1. The van der Waals surface area contributed by atoms with E-state index in [0.29, 0.717) is 31.0 Å². The zero-order valence-corrected chi connectivity index (χ0v) is 21.7. The van der Waals surface area contributed by atoms with Crippen molar-refractivity contribution in [1.82, 2.24) is 19.8 Å². The van der Waals surface area contributed by atoms with Crippen molar-refractivity contribution in [2.75, 3.05) is 40.5 Å². The molecule has 2 heterocycles. The first kappa shape index (κ1) is 26.6. The van der Waals surface area contributed by atoms with Crippen molar-refractivity contribution in [2.45, 2.75) is 44.2 Å². The highest BCUT2D eigenvalue weighted by molar-refractivity contribution is 5.94. The Bertz CT molecular complexity index is 1210. The molecule has 37 heavy (non-hydrogen) atoms. The van der Waals surface area contributed by atoms with Gasteiger partial charge in [-0.3, -0.25) is 9.59 Å². The van der Waals surface area contributed by atoms with Gasteiger partial charge in [0.1, 0.15) is 11.6 Å². The second kappa shape index (κ2) is 12.7. The minimum Gasteiger partial charge on any atom is -0.497 e. The molecular formula is C28H37N5O4. The van der Waals surface area contributed by atoms with Gasteiger partial charge in [0.2, 0.25) is 5.91 Å². The summed E-state index contributed by atoms with van der Waals surface area (Å²) in [5, 5.41) is 2.83. The van der Waals surface area contributed by atoms with Crippen LogP contribution in [0.2, 0.25) is 0 Å². The molecule has 2 amide bonds. The lowest BCUT2D eigenvalue weighted by Gasteiger charge is -2.33. The van der Waals surface area contributed by atoms with Gasteiger partial charge in [-0.15, -0.1) is 0 Å². The van der Waals surface area contributed by atoms with Crippen molar-refractivity contribution in [3.05, 3.63) is 59.9 Å². The van der Waals surface area contributed by atoms with Gasteiger partial charge >= 0.3 is 0 Å². The number of carbonyl (C=O) groups excluding carboxylic acids is 2. The highest BCUT2D eigenvalue weighted by atomic mass is 16.5. The number of methoxy groups -OCH3 is 2. The molecular weight excluding hydrogens is 470 g/mol. The van der Waals surface area contributed by atoms with Crippen LogP contribution < -0.4 is 15.8 Å². The Hall–Kier alpha value is -3.43. The molecule has 1 aliphatic rings. The van der Waals surface area contributed by atoms with Crippen LogP contribution >= 0.6 is 0 Å². The number of piperidine rings is 1. The summed E-state index contributed by atoms with van der Waals surface area (Å²) in [6.45, 7) is 3.06. The third kappa shape index (κ3) is 6.67. The molecule has 0 saturated carbocycles. The van der Waals surface area contributed by atoms with Crippen molar-refractivity contribution in [2.24, 2.45) is 5.73 Å². The van der Waals surface area contributed by atoms with Crippen LogP contribution in [0.25, 0.3) is 11.0 Å². The smallest absolute Gasteiger partial charge is 0.251 e. The Kier molecular flexibility index (Phi) is 9.14. The molecule has 3 N–H and O–H groups in total. The molecule has 0 spiro atoms. The summed E-state index contributed by atoms with van der Waals surface area (Å²) >= 11 is 0. The number of imidazole rings is 1. The first-order chi connectivity index (χ1) is 18.0. The van der Waals surface area contributed by atoms with E-state index in [0.717, 1.165) is 42.7 Å². The largest absolute Gasteiger partial charge is 0.497 e. The van der Waals surface area contributed by atoms with Crippen molar-refractivity contribution < 1.29 is 19.1 Å². The maximum atomic E-state index is 13.1. The molecule has 4 rings (SSSR count). The molecule has 1 fully saturated rings. The maximum Gasteiger partial charge on any atom is 0.251 e. The molecule has 0 bridgehead atoms. The quantitative estimate of drug-likeness (QED) is 0.386. The monoisotopic (exact) mass is 507 g/mol. The maximum absolute atomic E-state index is 13.1. The van der Waals surface area contributed by atoms with Crippen LogP contribution in [0, 0.1) is 0 Å². The molecule has 1 saturated heterocycles. The summed E-state index contributed by atoms with van der Waals surface area (Å²) in [6.07, 6.45) is 2.98. The number of rotatable bonds is 11. The normalized spacial score (nSPS) is 16.5. The molecule has 0 aliphatic carbocycles. The molecule has 2 atom stereocenters. The summed E-state index contributed by atoms with van der Waals surface area (Å²) in [4.78, 5) is 32.5. The zero-order chi connectivity index (χ0) is 26.2. The average Bonchev–Trinajstić information content (AvgIpc) is 3.30. The van der Waals surface area contributed by atoms with Gasteiger partial charge in [-0.2, -0.15) is 0 Å². The Balaban J connectivity index is 1.35. The van der Waals surface area contributed by atoms with E-state index in [1.54, 1.807) is 38.5 Å². The Morgan fingerprint density at radius 3 is 2.84 bits per heavy atom. The number of hydrogen-bond donors (Lipinski definition) is 2. The number of nitrogens with zero attached hydrogens (tertiary/aromatic N) is 3. The van der Waals surface area contributed by atoms with Gasteiger partial charge in [0.05, 0.1) is 18.1 Å². The van der Waals surface area contributed by atoms with Gasteiger partial charge in [0, 0.05) is 63.8 Å². The summed E-state index contributed by atoms with van der Waals surface area (Å²) in [6, 6.07) is 14.6. The van der Waals surface area contributed by atoms with Gasteiger partial charge in [-0.25, -0.2) is 4.98 Å². The molecule has 0 radical (unpaired) electrons. The Morgan fingerprint density at radius 2 is 2.03 bits per heavy atom. The summed E-state index contributed by atoms with van der Waals surface area (Å²) in [5.41, 5.74) is 8.82. The molecule has 3 aromatic rings. The van der Waals surface area contributed by atoms with Crippen molar-refractivity contribution in [1.29, 1.82) is 0 Å². The second-order valence-corrected chi connectivity index (χ2v) is 9.54. The summed E-state index contributed by atoms with van der Waals surface area (Å²) < 4.78 is 12.7. The van der Waals surface area contributed by atoms with Gasteiger partial charge < -0.3 is 30.0 Å². The van der Waals surface area contributed by atoms with Crippen LogP contribution in [0.15, 0.2) is 48.5 Å². The summed E-state index contributed by atoms with van der Waals surface area (Å²) in [7, 11) is 3.27.